The van der Waals surface area contributed by atoms with Gasteiger partial charge in [0.2, 0.25) is 0 Å². The van der Waals surface area contributed by atoms with Gasteiger partial charge in [0.1, 0.15) is 0 Å². The van der Waals surface area contributed by atoms with Gasteiger partial charge in [-0.1, -0.05) is 12.1 Å². The molecule has 0 unspecified atom stereocenters. The summed E-state index contributed by atoms with van der Waals surface area (Å²) in [5, 5.41) is 13.1. The van der Waals surface area contributed by atoms with E-state index in [0.29, 0.717) is 0 Å². The monoisotopic (exact) mass is 288 g/mol. The molecule has 20 heavy (non-hydrogen) atoms. The quantitative estimate of drug-likeness (QED) is 0.641. The van der Waals surface area contributed by atoms with Crippen molar-refractivity contribution >= 4 is 17.0 Å². The van der Waals surface area contributed by atoms with Gasteiger partial charge in [0.15, 0.2) is 0 Å². The van der Waals surface area contributed by atoms with Crippen molar-refractivity contribution in [2.24, 2.45) is 0 Å². The maximum atomic E-state index is 11.0. The van der Waals surface area contributed by atoms with E-state index in [9.17, 15) is 10.1 Å². The Kier molecular flexibility index (Phi) is 3.54. The summed E-state index contributed by atoms with van der Waals surface area (Å²) < 4.78 is 0. The zero-order chi connectivity index (χ0) is 14.1. The van der Waals surface area contributed by atoms with Crippen LogP contribution in [0.1, 0.15) is 21.6 Å². The smallest absolute Gasteiger partial charge is 0.272 e. The van der Waals surface area contributed by atoms with E-state index in [0.717, 1.165) is 37.2 Å². The maximum absolute atomic E-state index is 11.0. The van der Waals surface area contributed by atoms with E-state index in [-0.39, 0.29) is 10.6 Å². The number of benzene rings is 1. The fourth-order valence-electron chi connectivity index (χ4n) is 2.72. The number of hydrogen-bond acceptors (Lipinski definition) is 4. The molecule has 4 nitrogen and oxygen atoms in total. The van der Waals surface area contributed by atoms with E-state index in [2.05, 4.69) is 16.3 Å². The molecule has 3 rings (SSSR count). The number of hydrogen-bond donors (Lipinski definition) is 0. The van der Waals surface area contributed by atoms with Gasteiger partial charge in [0.25, 0.3) is 5.69 Å². The molecule has 0 saturated heterocycles. The largest absolute Gasteiger partial charge is 0.294 e. The van der Waals surface area contributed by atoms with Gasteiger partial charge in [-0.2, -0.15) is 0 Å². The Bertz CT molecular complexity index is 651. The van der Waals surface area contributed by atoms with Crippen molar-refractivity contribution in [3.63, 3.8) is 0 Å². The second kappa shape index (κ2) is 5.34. The fraction of sp³-hybridized carbons (Fsp3) is 0.333. The third-order valence-electron chi connectivity index (χ3n) is 3.89. The van der Waals surface area contributed by atoms with Crippen molar-refractivity contribution in [2.75, 3.05) is 6.54 Å². The van der Waals surface area contributed by atoms with Crippen LogP contribution in [0.5, 0.6) is 0 Å². The van der Waals surface area contributed by atoms with Gasteiger partial charge in [-0.25, -0.2) is 0 Å². The van der Waals surface area contributed by atoms with E-state index in [4.69, 9.17) is 0 Å². The summed E-state index contributed by atoms with van der Waals surface area (Å²) in [6.07, 6.45) is 1.08. The van der Waals surface area contributed by atoms with Gasteiger partial charge in [0.05, 0.1) is 4.92 Å². The predicted molar refractivity (Wildman–Crippen MR) is 80.0 cm³/mol. The zero-order valence-electron chi connectivity index (χ0n) is 11.3. The maximum Gasteiger partial charge on any atom is 0.272 e. The van der Waals surface area contributed by atoms with Crippen LogP contribution in [0.3, 0.4) is 0 Å². The summed E-state index contributed by atoms with van der Waals surface area (Å²) in [5.74, 6) is 0. The van der Waals surface area contributed by atoms with Crippen LogP contribution in [-0.4, -0.2) is 16.4 Å². The summed E-state index contributed by atoms with van der Waals surface area (Å²) in [6, 6.07) is 7.53. The van der Waals surface area contributed by atoms with Gasteiger partial charge in [-0.3, -0.25) is 15.0 Å². The van der Waals surface area contributed by atoms with Crippen LogP contribution in [0.2, 0.25) is 0 Å². The van der Waals surface area contributed by atoms with Crippen molar-refractivity contribution in [3.8, 4) is 0 Å². The minimum absolute atomic E-state index is 0.218. The first kappa shape index (κ1) is 13.3. The van der Waals surface area contributed by atoms with Crippen LogP contribution in [0.15, 0.2) is 29.6 Å². The van der Waals surface area contributed by atoms with Crippen LogP contribution in [0, 0.1) is 17.0 Å². The first-order valence-electron chi connectivity index (χ1n) is 6.65. The summed E-state index contributed by atoms with van der Waals surface area (Å²) in [7, 11) is 0. The van der Waals surface area contributed by atoms with Gasteiger partial charge < -0.3 is 0 Å². The highest BCUT2D eigenvalue weighted by Crippen LogP contribution is 2.27. The van der Waals surface area contributed by atoms with Crippen LogP contribution < -0.4 is 0 Å². The average Bonchev–Trinajstić information content (AvgIpc) is 2.88. The Hall–Kier alpha value is -1.72. The van der Waals surface area contributed by atoms with Gasteiger partial charge in [0, 0.05) is 36.1 Å². The molecule has 1 aromatic heterocycles. The molecular formula is C15H16N2O2S. The normalized spacial score (nSPS) is 15.1. The number of nitro groups is 1. The molecule has 0 saturated carbocycles. The fourth-order valence-corrected chi connectivity index (χ4v) is 3.61. The number of nitrogens with zero attached hydrogens (tertiary/aromatic N) is 2. The molecule has 0 radical (unpaired) electrons. The topological polar surface area (TPSA) is 46.4 Å². The summed E-state index contributed by atoms with van der Waals surface area (Å²) in [4.78, 5) is 14.5. The molecular weight excluding hydrogens is 272 g/mol. The lowest BCUT2D eigenvalue weighted by atomic mass is 10.0. The molecule has 0 aliphatic carbocycles. The molecule has 104 valence electrons. The molecule has 0 bridgehead atoms. The lowest BCUT2D eigenvalue weighted by Gasteiger charge is -2.27. The van der Waals surface area contributed by atoms with Gasteiger partial charge >= 0.3 is 0 Å². The highest BCUT2D eigenvalue weighted by atomic mass is 32.1. The minimum atomic E-state index is -0.300. The Morgan fingerprint density at radius 3 is 3.05 bits per heavy atom. The zero-order valence-corrected chi connectivity index (χ0v) is 12.2. The molecule has 0 amide bonds. The molecule has 0 atom stereocenters. The van der Waals surface area contributed by atoms with Crippen molar-refractivity contribution in [1.29, 1.82) is 0 Å². The predicted octanol–water partition coefficient (Wildman–Crippen LogP) is 3.52. The Balaban J connectivity index is 1.79. The minimum Gasteiger partial charge on any atom is -0.294 e. The van der Waals surface area contributed by atoms with Crippen molar-refractivity contribution < 1.29 is 4.92 Å². The van der Waals surface area contributed by atoms with Crippen molar-refractivity contribution in [2.45, 2.75) is 26.4 Å². The molecule has 1 aromatic carbocycles. The Morgan fingerprint density at radius 1 is 1.40 bits per heavy atom. The summed E-state index contributed by atoms with van der Waals surface area (Å²) in [5.41, 5.74) is 3.46. The first-order chi connectivity index (χ1) is 9.65. The van der Waals surface area contributed by atoms with Gasteiger partial charge in [-0.05, 0) is 35.9 Å². The molecule has 0 N–H and O–H groups in total. The molecule has 1 aliphatic heterocycles. The van der Waals surface area contributed by atoms with Crippen LogP contribution in [0.4, 0.5) is 5.69 Å². The van der Waals surface area contributed by atoms with Crippen LogP contribution in [0.25, 0.3) is 0 Å². The van der Waals surface area contributed by atoms with E-state index in [1.54, 1.807) is 12.1 Å². The number of nitro benzene ring substituents is 1. The van der Waals surface area contributed by atoms with E-state index >= 15 is 0 Å². The molecule has 2 heterocycles. The highest BCUT2D eigenvalue weighted by Gasteiger charge is 2.19. The lowest BCUT2D eigenvalue weighted by molar-refractivity contribution is -0.385. The molecule has 1 aliphatic rings. The summed E-state index contributed by atoms with van der Waals surface area (Å²) >= 11 is 1.83. The van der Waals surface area contributed by atoms with Crippen LogP contribution >= 0.6 is 11.3 Å². The molecule has 5 heteroatoms. The summed E-state index contributed by atoms with van der Waals surface area (Å²) in [6.45, 7) is 4.59. The standard InChI is InChI=1S/C15H16N2O2S/c1-11-12(3-2-4-14(11)17(18)19)9-16-7-5-15-13(10-16)6-8-20-15/h2-4,6,8H,5,7,9-10H2,1H3. The third kappa shape index (κ3) is 2.46. The SMILES string of the molecule is Cc1c(CN2CCc3sccc3C2)cccc1[N+](=O)[O-]. The van der Waals surface area contributed by atoms with E-state index < -0.39 is 0 Å². The van der Waals surface area contributed by atoms with E-state index in [1.165, 1.54) is 10.4 Å². The highest BCUT2D eigenvalue weighted by molar-refractivity contribution is 7.10. The van der Waals surface area contributed by atoms with Crippen LogP contribution in [-0.2, 0) is 19.5 Å². The van der Waals surface area contributed by atoms with Gasteiger partial charge in [-0.15, -0.1) is 11.3 Å². The lowest BCUT2D eigenvalue weighted by Crippen LogP contribution is -2.29. The second-order valence-corrected chi connectivity index (χ2v) is 6.15. The number of rotatable bonds is 3. The average molecular weight is 288 g/mol. The molecule has 0 fully saturated rings. The van der Waals surface area contributed by atoms with Crippen molar-refractivity contribution in [1.82, 2.24) is 4.90 Å². The second-order valence-electron chi connectivity index (χ2n) is 5.15. The van der Waals surface area contributed by atoms with Crippen molar-refractivity contribution in [3.05, 3.63) is 61.3 Å². The Morgan fingerprint density at radius 2 is 2.25 bits per heavy atom. The molecule has 0 spiro atoms. The Labute approximate surface area is 121 Å². The number of fused-ring (bicyclic) bond motifs is 1. The third-order valence-corrected chi connectivity index (χ3v) is 4.92. The molecule has 2 aromatic rings. The van der Waals surface area contributed by atoms with E-state index in [1.807, 2.05) is 24.3 Å². The number of thiophene rings is 1. The first-order valence-corrected chi connectivity index (χ1v) is 7.53.